The number of hydrogen-bond donors (Lipinski definition) is 2. The van der Waals surface area contributed by atoms with E-state index in [2.05, 4.69) is 5.43 Å². The predicted molar refractivity (Wildman–Crippen MR) is 62.5 cm³/mol. The van der Waals surface area contributed by atoms with E-state index in [4.69, 9.17) is 10.6 Å². The topological polar surface area (TPSA) is 64.3 Å². The van der Waals surface area contributed by atoms with Gasteiger partial charge in [-0.3, -0.25) is 10.2 Å². The van der Waals surface area contributed by atoms with Crippen LogP contribution in [0.15, 0.2) is 0 Å². The van der Waals surface area contributed by atoms with Crippen LogP contribution < -0.4 is 11.3 Å². The van der Waals surface area contributed by atoms with Gasteiger partial charge in [-0.2, -0.15) is 11.8 Å². The summed E-state index contributed by atoms with van der Waals surface area (Å²) in [5.41, 5.74) is 2.14. The second-order valence-corrected chi connectivity index (χ2v) is 5.12. The van der Waals surface area contributed by atoms with Gasteiger partial charge in [0.1, 0.15) is 0 Å². The van der Waals surface area contributed by atoms with Gasteiger partial charge in [0.05, 0.1) is 0 Å². The third kappa shape index (κ3) is 6.02. The zero-order valence-electron chi connectivity index (χ0n) is 9.04. The zero-order valence-corrected chi connectivity index (χ0v) is 9.85. The Balaban J connectivity index is 1.89. The number of carbonyl (C=O) groups is 1. The Hall–Kier alpha value is -0.260. The molecule has 88 valence electrons. The SMILES string of the molecule is NNC(=O)CCCCSC1CCOCC1. The largest absolute Gasteiger partial charge is 0.381 e. The van der Waals surface area contributed by atoms with E-state index >= 15 is 0 Å². The number of hydrazine groups is 1. The van der Waals surface area contributed by atoms with Crippen LogP contribution in [0.1, 0.15) is 32.1 Å². The first-order valence-electron chi connectivity index (χ1n) is 5.51. The van der Waals surface area contributed by atoms with Crippen molar-refractivity contribution in [3.63, 3.8) is 0 Å². The second-order valence-electron chi connectivity index (χ2n) is 3.71. The number of thioether (sulfide) groups is 1. The second kappa shape index (κ2) is 7.96. The first-order valence-corrected chi connectivity index (χ1v) is 6.56. The van der Waals surface area contributed by atoms with Crippen molar-refractivity contribution in [2.45, 2.75) is 37.4 Å². The number of rotatable bonds is 6. The van der Waals surface area contributed by atoms with Crippen LogP contribution in [0.2, 0.25) is 0 Å². The molecule has 1 heterocycles. The van der Waals surface area contributed by atoms with E-state index in [1.54, 1.807) is 0 Å². The summed E-state index contributed by atoms with van der Waals surface area (Å²) in [7, 11) is 0. The number of hydrogen-bond acceptors (Lipinski definition) is 4. The molecule has 15 heavy (non-hydrogen) atoms. The van der Waals surface area contributed by atoms with Crippen molar-refractivity contribution < 1.29 is 9.53 Å². The van der Waals surface area contributed by atoms with Crippen LogP contribution in [0.25, 0.3) is 0 Å². The number of ether oxygens (including phenoxy) is 1. The molecule has 0 aromatic rings. The van der Waals surface area contributed by atoms with E-state index in [1.807, 2.05) is 11.8 Å². The molecule has 1 aliphatic heterocycles. The van der Waals surface area contributed by atoms with Crippen molar-refractivity contribution in [1.82, 2.24) is 5.43 Å². The lowest BCUT2D eigenvalue weighted by atomic mass is 10.2. The lowest BCUT2D eigenvalue weighted by Gasteiger charge is -2.21. The van der Waals surface area contributed by atoms with Crippen LogP contribution in [-0.2, 0) is 9.53 Å². The van der Waals surface area contributed by atoms with Gasteiger partial charge in [-0.05, 0) is 31.4 Å². The summed E-state index contributed by atoms with van der Waals surface area (Å²) in [6.07, 6.45) is 4.92. The molecule has 0 saturated carbocycles. The molecule has 0 radical (unpaired) electrons. The van der Waals surface area contributed by atoms with Gasteiger partial charge in [-0.15, -0.1) is 0 Å². The Labute approximate surface area is 95.3 Å². The fraction of sp³-hybridized carbons (Fsp3) is 0.900. The fourth-order valence-electron chi connectivity index (χ4n) is 1.55. The van der Waals surface area contributed by atoms with Gasteiger partial charge < -0.3 is 4.74 Å². The molecular weight excluding hydrogens is 212 g/mol. The molecule has 0 spiro atoms. The Morgan fingerprint density at radius 2 is 2.13 bits per heavy atom. The van der Waals surface area contributed by atoms with Crippen molar-refractivity contribution in [2.24, 2.45) is 5.84 Å². The average Bonchev–Trinajstić information content (AvgIpc) is 2.29. The lowest BCUT2D eigenvalue weighted by molar-refractivity contribution is -0.121. The van der Waals surface area contributed by atoms with Crippen LogP contribution in [-0.4, -0.2) is 30.1 Å². The molecule has 0 aliphatic carbocycles. The summed E-state index contributed by atoms with van der Waals surface area (Å²) < 4.78 is 5.29. The van der Waals surface area contributed by atoms with Gasteiger partial charge in [0, 0.05) is 24.9 Å². The zero-order chi connectivity index (χ0) is 10.9. The standard InChI is InChI=1S/C10H20N2O2S/c11-12-10(13)3-1-2-8-15-9-4-6-14-7-5-9/h9H,1-8,11H2,(H,12,13). The Kier molecular flexibility index (Phi) is 6.80. The third-order valence-corrected chi connectivity index (χ3v) is 3.95. The maximum absolute atomic E-state index is 10.8. The summed E-state index contributed by atoms with van der Waals surface area (Å²) in [6, 6.07) is 0. The molecule has 1 saturated heterocycles. The molecule has 1 fully saturated rings. The molecule has 1 amide bonds. The van der Waals surface area contributed by atoms with E-state index < -0.39 is 0 Å². The van der Waals surface area contributed by atoms with E-state index in [0.29, 0.717) is 6.42 Å². The number of nitrogens with two attached hydrogens (primary N) is 1. The van der Waals surface area contributed by atoms with E-state index in [1.165, 1.54) is 12.8 Å². The highest BCUT2D eigenvalue weighted by Gasteiger charge is 2.13. The molecule has 1 aliphatic rings. The quantitative estimate of drug-likeness (QED) is 0.311. The van der Waals surface area contributed by atoms with Crippen molar-refractivity contribution >= 4 is 17.7 Å². The summed E-state index contributed by atoms with van der Waals surface area (Å²) >= 11 is 2.01. The highest BCUT2D eigenvalue weighted by Crippen LogP contribution is 2.22. The smallest absolute Gasteiger partial charge is 0.233 e. The minimum Gasteiger partial charge on any atom is -0.381 e. The molecular formula is C10H20N2O2S. The van der Waals surface area contributed by atoms with Crippen LogP contribution in [0, 0.1) is 0 Å². The van der Waals surface area contributed by atoms with Gasteiger partial charge in [0.2, 0.25) is 5.91 Å². The molecule has 0 atom stereocenters. The van der Waals surface area contributed by atoms with Crippen LogP contribution in [0.5, 0.6) is 0 Å². The van der Waals surface area contributed by atoms with Crippen molar-refractivity contribution in [3.05, 3.63) is 0 Å². The van der Waals surface area contributed by atoms with E-state index in [-0.39, 0.29) is 5.91 Å². The van der Waals surface area contributed by atoms with Gasteiger partial charge in [-0.25, -0.2) is 5.84 Å². The minimum atomic E-state index is -0.0638. The van der Waals surface area contributed by atoms with Gasteiger partial charge in [0.25, 0.3) is 0 Å². The normalized spacial score (nSPS) is 17.7. The summed E-state index contributed by atoms with van der Waals surface area (Å²) in [4.78, 5) is 10.8. The van der Waals surface area contributed by atoms with Crippen molar-refractivity contribution in [3.8, 4) is 0 Å². The van der Waals surface area contributed by atoms with E-state index in [0.717, 1.165) is 37.1 Å². The van der Waals surface area contributed by atoms with Crippen LogP contribution in [0.3, 0.4) is 0 Å². The predicted octanol–water partition coefficient (Wildman–Crippen LogP) is 1.06. The highest BCUT2D eigenvalue weighted by atomic mass is 32.2. The third-order valence-electron chi connectivity index (χ3n) is 2.48. The lowest BCUT2D eigenvalue weighted by Crippen LogP contribution is -2.29. The molecule has 0 aromatic carbocycles. The van der Waals surface area contributed by atoms with Gasteiger partial charge in [0.15, 0.2) is 0 Å². The molecule has 0 aromatic heterocycles. The number of amides is 1. The number of nitrogens with one attached hydrogen (secondary N) is 1. The fourth-order valence-corrected chi connectivity index (χ4v) is 2.78. The molecule has 4 nitrogen and oxygen atoms in total. The number of carbonyl (C=O) groups excluding carboxylic acids is 1. The average molecular weight is 232 g/mol. The van der Waals surface area contributed by atoms with Crippen molar-refractivity contribution in [2.75, 3.05) is 19.0 Å². The first kappa shape index (κ1) is 12.8. The minimum absolute atomic E-state index is 0.0638. The molecule has 0 unspecified atom stereocenters. The Morgan fingerprint density at radius 1 is 1.40 bits per heavy atom. The van der Waals surface area contributed by atoms with Crippen LogP contribution >= 0.6 is 11.8 Å². The maximum atomic E-state index is 10.8. The summed E-state index contributed by atoms with van der Waals surface area (Å²) in [5, 5.41) is 0.766. The molecule has 5 heteroatoms. The summed E-state index contributed by atoms with van der Waals surface area (Å²) in [5.74, 6) is 6.06. The Morgan fingerprint density at radius 3 is 2.80 bits per heavy atom. The molecule has 1 rings (SSSR count). The first-order chi connectivity index (χ1) is 7.33. The monoisotopic (exact) mass is 232 g/mol. The Bertz CT molecular complexity index is 184. The molecule has 0 bridgehead atoms. The summed E-state index contributed by atoms with van der Waals surface area (Å²) in [6.45, 7) is 1.82. The maximum Gasteiger partial charge on any atom is 0.233 e. The number of unbranched alkanes of at least 4 members (excludes halogenated alkanes) is 1. The van der Waals surface area contributed by atoms with Crippen LogP contribution in [0.4, 0.5) is 0 Å². The van der Waals surface area contributed by atoms with E-state index in [9.17, 15) is 4.79 Å². The van der Waals surface area contributed by atoms with Gasteiger partial charge in [-0.1, -0.05) is 0 Å². The van der Waals surface area contributed by atoms with Crippen molar-refractivity contribution in [1.29, 1.82) is 0 Å². The van der Waals surface area contributed by atoms with Gasteiger partial charge >= 0.3 is 0 Å². The highest BCUT2D eigenvalue weighted by molar-refractivity contribution is 7.99. The molecule has 3 N–H and O–H groups in total.